The lowest BCUT2D eigenvalue weighted by atomic mass is 10.2. The minimum absolute atomic E-state index is 0.210. The third-order valence-corrected chi connectivity index (χ3v) is 5.08. The van der Waals surface area contributed by atoms with E-state index in [1.54, 1.807) is 13.0 Å². The maximum atomic E-state index is 12.5. The van der Waals surface area contributed by atoms with E-state index >= 15 is 0 Å². The van der Waals surface area contributed by atoms with E-state index in [4.69, 9.17) is 4.52 Å². The third-order valence-electron chi connectivity index (χ3n) is 3.04. The average molecular weight is 361 g/mol. The molecule has 0 saturated heterocycles. The second-order valence-electron chi connectivity index (χ2n) is 4.83. The van der Waals surface area contributed by atoms with Crippen LogP contribution in [0.2, 0.25) is 0 Å². The van der Waals surface area contributed by atoms with Crippen molar-refractivity contribution in [2.45, 2.75) is 30.9 Å². The molecule has 0 aliphatic rings. The van der Waals surface area contributed by atoms with Gasteiger partial charge in [0.1, 0.15) is 5.01 Å². The summed E-state index contributed by atoms with van der Waals surface area (Å²) in [6.07, 6.45) is 0.795. The van der Waals surface area contributed by atoms with Crippen molar-refractivity contribution in [1.29, 1.82) is 0 Å². The van der Waals surface area contributed by atoms with Crippen LogP contribution >= 0.6 is 23.1 Å². The summed E-state index contributed by atoms with van der Waals surface area (Å²) in [5.41, 5.74) is 0.576. The molecule has 3 rings (SSSR count). The molecule has 0 spiro atoms. The highest BCUT2D eigenvalue weighted by Gasteiger charge is 2.15. The summed E-state index contributed by atoms with van der Waals surface area (Å²) in [5.74, 6) is 1.42. The number of carbonyl (C=O) groups excluding carboxylic acids is 1. The maximum absolute atomic E-state index is 12.5. The van der Waals surface area contributed by atoms with Gasteiger partial charge in [-0.3, -0.25) is 10.1 Å². The van der Waals surface area contributed by atoms with Crippen LogP contribution in [0.5, 0.6) is 0 Å². The van der Waals surface area contributed by atoms with Gasteiger partial charge in [-0.1, -0.05) is 35.5 Å². The number of rotatable bonds is 6. The van der Waals surface area contributed by atoms with Crippen LogP contribution in [0.4, 0.5) is 5.13 Å². The molecule has 7 nitrogen and oxygen atoms in total. The molecule has 1 amide bonds. The summed E-state index contributed by atoms with van der Waals surface area (Å²) in [6, 6.07) is 7.38. The Morgan fingerprint density at radius 2 is 2.17 bits per heavy atom. The fourth-order valence-corrected chi connectivity index (χ4v) is 3.49. The van der Waals surface area contributed by atoms with E-state index in [1.165, 1.54) is 23.1 Å². The zero-order valence-electron chi connectivity index (χ0n) is 13.1. The number of nitrogens with zero attached hydrogens (tertiary/aromatic N) is 4. The lowest BCUT2D eigenvalue weighted by Gasteiger charge is -2.07. The van der Waals surface area contributed by atoms with E-state index in [9.17, 15) is 4.79 Å². The highest BCUT2D eigenvalue weighted by Crippen LogP contribution is 2.27. The molecule has 3 aromatic rings. The molecule has 0 fully saturated rings. The minimum Gasteiger partial charge on any atom is -0.338 e. The van der Waals surface area contributed by atoms with Crippen molar-refractivity contribution < 1.29 is 9.32 Å². The number of aryl methyl sites for hydroxylation is 2. The number of carbonyl (C=O) groups is 1. The zero-order valence-corrected chi connectivity index (χ0v) is 14.8. The molecule has 124 valence electrons. The summed E-state index contributed by atoms with van der Waals surface area (Å²) in [5, 5.41) is 15.9. The number of hydrogen-bond donors (Lipinski definition) is 1. The van der Waals surface area contributed by atoms with Gasteiger partial charge in [-0.15, -0.1) is 22.0 Å². The van der Waals surface area contributed by atoms with Crippen LogP contribution < -0.4 is 5.32 Å². The van der Waals surface area contributed by atoms with Crippen molar-refractivity contribution in [3.05, 3.63) is 46.6 Å². The van der Waals surface area contributed by atoms with Crippen LogP contribution in [0, 0.1) is 6.92 Å². The van der Waals surface area contributed by atoms with Crippen LogP contribution in [0.15, 0.2) is 33.7 Å². The molecule has 1 aromatic carbocycles. The van der Waals surface area contributed by atoms with Crippen molar-refractivity contribution >= 4 is 34.1 Å². The van der Waals surface area contributed by atoms with Gasteiger partial charge in [0, 0.05) is 4.90 Å². The quantitative estimate of drug-likeness (QED) is 0.673. The molecule has 0 saturated carbocycles. The molecule has 0 atom stereocenters. The third kappa shape index (κ3) is 3.98. The van der Waals surface area contributed by atoms with Crippen molar-refractivity contribution in [3.63, 3.8) is 0 Å². The number of nitrogens with one attached hydrogen (secondary N) is 1. The standard InChI is InChI=1S/C15H15N5O2S2/c1-3-13-18-19-15(24-13)17-14(21)10-6-4-5-7-11(10)23-8-12-16-9(2)20-22-12/h4-7H,3,8H2,1-2H3,(H,17,19,21). The lowest BCUT2D eigenvalue weighted by Crippen LogP contribution is -2.12. The molecule has 0 unspecified atom stereocenters. The summed E-state index contributed by atoms with van der Waals surface area (Å²) < 4.78 is 5.10. The Morgan fingerprint density at radius 1 is 1.33 bits per heavy atom. The first kappa shape index (κ1) is 16.6. The summed E-state index contributed by atoms with van der Waals surface area (Å²) >= 11 is 2.85. The molecule has 2 aromatic heterocycles. The highest BCUT2D eigenvalue weighted by atomic mass is 32.2. The molecular weight excluding hydrogens is 346 g/mol. The lowest BCUT2D eigenvalue weighted by molar-refractivity contribution is 0.102. The molecule has 0 aliphatic carbocycles. The Kier molecular flexibility index (Phi) is 5.21. The van der Waals surface area contributed by atoms with Crippen molar-refractivity contribution in [2.75, 3.05) is 5.32 Å². The maximum Gasteiger partial charge on any atom is 0.258 e. The first-order chi connectivity index (χ1) is 11.7. The van der Waals surface area contributed by atoms with Gasteiger partial charge in [-0.2, -0.15) is 4.98 Å². The van der Waals surface area contributed by atoms with Gasteiger partial charge in [0.05, 0.1) is 11.3 Å². The number of thioether (sulfide) groups is 1. The largest absolute Gasteiger partial charge is 0.338 e. The molecule has 9 heteroatoms. The highest BCUT2D eigenvalue weighted by molar-refractivity contribution is 7.98. The zero-order chi connectivity index (χ0) is 16.9. The van der Waals surface area contributed by atoms with Gasteiger partial charge < -0.3 is 4.52 Å². The van der Waals surface area contributed by atoms with Gasteiger partial charge in [0.15, 0.2) is 5.82 Å². The first-order valence-electron chi connectivity index (χ1n) is 7.30. The Bertz CT molecular complexity index is 846. The van der Waals surface area contributed by atoms with E-state index in [0.29, 0.717) is 28.2 Å². The van der Waals surface area contributed by atoms with Gasteiger partial charge >= 0.3 is 0 Å². The normalized spacial score (nSPS) is 10.8. The van der Waals surface area contributed by atoms with Crippen LogP contribution in [0.3, 0.4) is 0 Å². The predicted molar refractivity (Wildman–Crippen MR) is 92.3 cm³/mol. The molecule has 1 N–H and O–H groups in total. The van der Waals surface area contributed by atoms with Crippen molar-refractivity contribution in [1.82, 2.24) is 20.3 Å². The number of anilines is 1. The van der Waals surface area contributed by atoms with E-state index in [2.05, 4.69) is 25.7 Å². The second-order valence-corrected chi connectivity index (χ2v) is 6.91. The minimum atomic E-state index is -0.210. The van der Waals surface area contributed by atoms with Crippen LogP contribution in [-0.2, 0) is 12.2 Å². The molecular formula is C15H15N5O2S2. The number of benzene rings is 1. The second kappa shape index (κ2) is 7.54. The monoisotopic (exact) mass is 361 g/mol. The Hall–Kier alpha value is -2.26. The Morgan fingerprint density at radius 3 is 2.88 bits per heavy atom. The van der Waals surface area contributed by atoms with Gasteiger partial charge in [0.25, 0.3) is 5.91 Å². The van der Waals surface area contributed by atoms with E-state index < -0.39 is 0 Å². The van der Waals surface area contributed by atoms with Crippen molar-refractivity contribution in [3.8, 4) is 0 Å². The van der Waals surface area contributed by atoms with Gasteiger partial charge in [-0.25, -0.2) is 0 Å². The number of amides is 1. The fraction of sp³-hybridized carbons (Fsp3) is 0.267. The Labute approximate surface area is 146 Å². The topological polar surface area (TPSA) is 93.8 Å². The molecule has 0 radical (unpaired) electrons. The summed E-state index contributed by atoms with van der Waals surface area (Å²) in [7, 11) is 0. The summed E-state index contributed by atoms with van der Waals surface area (Å²) in [4.78, 5) is 17.5. The first-order valence-corrected chi connectivity index (χ1v) is 9.10. The van der Waals surface area contributed by atoms with Crippen LogP contribution in [0.1, 0.15) is 34.0 Å². The fourth-order valence-electron chi connectivity index (χ4n) is 1.93. The average Bonchev–Trinajstić information content (AvgIpc) is 3.22. The molecule has 2 heterocycles. The number of aromatic nitrogens is 4. The van der Waals surface area contributed by atoms with Crippen molar-refractivity contribution in [2.24, 2.45) is 0 Å². The number of hydrogen-bond acceptors (Lipinski definition) is 8. The molecule has 0 aliphatic heterocycles. The van der Waals surface area contributed by atoms with Crippen LogP contribution in [-0.4, -0.2) is 26.2 Å². The van der Waals surface area contributed by atoms with E-state index in [1.807, 2.05) is 25.1 Å². The van der Waals surface area contributed by atoms with E-state index in [-0.39, 0.29) is 5.91 Å². The SMILES string of the molecule is CCc1nnc(NC(=O)c2ccccc2SCc2nc(C)no2)s1. The predicted octanol–water partition coefficient (Wildman–Crippen LogP) is 3.34. The molecule has 0 bridgehead atoms. The summed E-state index contributed by atoms with van der Waals surface area (Å²) in [6.45, 7) is 3.77. The van der Waals surface area contributed by atoms with Gasteiger partial charge in [-0.05, 0) is 25.5 Å². The van der Waals surface area contributed by atoms with Gasteiger partial charge in [0.2, 0.25) is 11.0 Å². The smallest absolute Gasteiger partial charge is 0.258 e. The van der Waals surface area contributed by atoms with Crippen LogP contribution in [0.25, 0.3) is 0 Å². The Balaban J connectivity index is 1.71. The van der Waals surface area contributed by atoms with E-state index in [0.717, 1.165) is 16.3 Å². The molecule has 24 heavy (non-hydrogen) atoms.